The molecule has 0 amide bonds. The molecule has 0 aromatic heterocycles. The van der Waals surface area contributed by atoms with Crippen LogP contribution in [0.5, 0.6) is 11.5 Å². The van der Waals surface area contributed by atoms with Gasteiger partial charge >= 0.3 is 0 Å². The van der Waals surface area contributed by atoms with Crippen molar-refractivity contribution in [3.63, 3.8) is 0 Å². The first-order chi connectivity index (χ1) is 7.63. The lowest BCUT2D eigenvalue weighted by Gasteiger charge is -2.19. The average molecular weight is 218 g/mol. The number of phenols is 1. The van der Waals surface area contributed by atoms with E-state index in [1.165, 1.54) is 6.92 Å². The zero-order chi connectivity index (χ0) is 11.7. The van der Waals surface area contributed by atoms with Crippen LogP contribution in [-0.4, -0.2) is 10.9 Å². The molecule has 84 valence electrons. The van der Waals surface area contributed by atoms with Crippen LogP contribution < -0.4 is 4.74 Å². The number of ether oxygens (including phenoxy) is 1. The molecular weight excluding hydrogens is 204 g/mol. The van der Waals surface area contributed by atoms with Crippen molar-refractivity contribution in [1.29, 1.82) is 0 Å². The number of benzene rings is 1. The average Bonchev–Trinajstić information content (AvgIpc) is 2.28. The molecule has 0 radical (unpaired) electrons. The highest BCUT2D eigenvalue weighted by Crippen LogP contribution is 2.36. The van der Waals surface area contributed by atoms with Gasteiger partial charge in [-0.2, -0.15) is 0 Å². The molecule has 1 aliphatic rings. The van der Waals surface area contributed by atoms with Crippen molar-refractivity contribution < 1.29 is 14.6 Å². The Morgan fingerprint density at radius 3 is 2.88 bits per heavy atom. The maximum Gasteiger partial charge on any atom is 0.163 e. The number of fused-ring (bicyclic) bond motifs is 1. The molecule has 1 aromatic rings. The molecule has 1 aromatic carbocycles. The number of phenolic OH excluding ortho intramolecular Hbond substituents is 1. The van der Waals surface area contributed by atoms with Crippen LogP contribution in [0.25, 0.3) is 0 Å². The molecular formula is C13H14O3. The predicted octanol–water partition coefficient (Wildman–Crippen LogP) is 2.82. The van der Waals surface area contributed by atoms with Gasteiger partial charge in [0.1, 0.15) is 17.3 Å². The molecule has 0 spiro atoms. The summed E-state index contributed by atoms with van der Waals surface area (Å²) in [5, 5.41) is 9.93. The number of ketones is 1. The quantitative estimate of drug-likeness (QED) is 0.776. The van der Waals surface area contributed by atoms with Gasteiger partial charge in [-0.15, -0.1) is 0 Å². The summed E-state index contributed by atoms with van der Waals surface area (Å²) in [6.45, 7) is 3.46. The van der Waals surface area contributed by atoms with E-state index in [1.54, 1.807) is 12.1 Å². The summed E-state index contributed by atoms with van der Waals surface area (Å²) in [6.07, 6.45) is 3.38. The number of hydrogen-bond donors (Lipinski definition) is 1. The van der Waals surface area contributed by atoms with Crippen molar-refractivity contribution in [2.45, 2.75) is 26.7 Å². The van der Waals surface area contributed by atoms with Gasteiger partial charge in [0.15, 0.2) is 5.78 Å². The summed E-state index contributed by atoms with van der Waals surface area (Å²) in [4.78, 5) is 11.3. The number of aromatic hydroxyl groups is 1. The molecule has 2 rings (SSSR count). The maximum absolute atomic E-state index is 11.3. The lowest BCUT2D eigenvalue weighted by Crippen LogP contribution is -2.06. The summed E-state index contributed by atoms with van der Waals surface area (Å²) < 4.78 is 5.59. The van der Waals surface area contributed by atoms with Gasteiger partial charge in [-0.05, 0) is 25.1 Å². The number of rotatable bonds is 2. The Bertz CT molecular complexity index is 472. The molecule has 0 saturated heterocycles. The highest BCUT2D eigenvalue weighted by atomic mass is 16.5. The van der Waals surface area contributed by atoms with Gasteiger partial charge in [0.05, 0.1) is 5.56 Å². The molecule has 1 heterocycles. The molecule has 0 atom stereocenters. The minimum atomic E-state index is -0.134. The van der Waals surface area contributed by atoms with E-state index in [2.05, 4.69) is 0 Å². The van der Waals surface area contributed by atoms with E-state index in [0.29, 0.717) is 23.3 Å². The molecule has 0 unspecified atom stereocenters. The van der Waals surface area contributed by atoms with Crippen LogP contribution in [0.15, 0.2) is 24.0 Å². The van der Waals surface area contributed by atoms with Crippen LogP contribution in [0.1, 0.15) is 36.2 Å². The summed E-state index contributed by atoms with van der Waals surface area (Å²) in [7, 11) is 0. The first-order valence-corrected chi connectivity index (χ1v) is 5.36. The highest BCUT2D eigenvalue weighted by Gasteiger charge is 2.19. The number of hydrogen-bond acceptors (Lipinski definition) is 3. The van der Waals surface area contributed by atoms with Gasteiger partial charge in [0, 0.05) is 18.4 Å². The summed E-state index contributed by atoms with van der Waals surface area (Å²) in [5.41, 5.74) is 1.06. The minimum Gasteiger partial charge on any atom is -0.507 e. The van der Waals surface area contributed by atoms with Gasteiger partial charge in [0.25, 0.3) is 0 Å². The number of Topliss-reactive ketones (excluding diaryl/α,β-unsaturated/α-hetero) is 1. The van der Waals surface area contributed by atoms with Crippen LogP contribution in [0.2, 0.25) is 0 Å². The van der Waals surface area contributed by atoms with Crippen LogP contribution in [0, 0.1) is 0 Å². The van der Waals surface area contributed by atoms with Crippen LogP contribution in [0.3, 0.4) is 0 Å². The van der Waals surface area contributed by atoms with Crippen molar-refractivity contribution in [1.82, 2.24) is 0 Å². The van der Waals surface area contributed by atoms with E-state index in [9.17, 15) is 9.90 Å². The Morgan fingerprint density at radius 1 is 1.50 bits per heavy atom. The van der Waals surface area contributed by atoms with E-state index in [-0.39, 0.29) is 11.5 Å². The van der Waals surface area contributed by atoms with E-state index in [0.717, 1.165) is 12.2 Å². The Kier molecular flexibility index (Phi) is 2.69. The Hall–Kier alpha value is -1.77. The first-order valence-electron chi connectivity index (χ1n) is 5.36. The third-order valence-electron chi connectivity index (χ3n) is 2.74. The second kappa shape index (κ2) is 4.00. The van der Waals surface area contributed by atoms with Crippen molar-refractivity contribution in [3.8, 4) is 11.5 Å². The Labute approximate surface area is 94.4 Å². The van der Waals surface area contributed by atoms with E-state index >= 15 is 0 Å². The molecule has 0 bridgehead atoms. The second-order valence-corrected chi connectivity index (χ2v) is 3.82. The molecule has 3 nitrogen and oxygen atoms in total. The molecule has 1 N–H and O–H groups in total. The van der Waals surface area contributed by atoms with Crippen LogP contribution in [0.4, 0.5) is 0 Å². The van der Waals surface area contributed by atoms with Crippen molar-refractivity contribution in [2.24, 2.45) is 0 Å². The molecule has 3 heteroatoms. The Morgan fingerprint density at radius 2 is 2.25 bits per heavy atom. The van der Waals surface area contributed by atoms with Crippen LogP contribution >= 0.6 is 0 Å². The van der Waals surface area contributed by atoms with E-state index in [4.69, 9.17) is 4.74 Å². The lowest BCUT2D eigenvalue weighted by molar-refractivity contribution is 0.101. The third-order valence-corrected chi connectivity index (χ3v) is 2.74. The third kappa shape index (κ3) is 1.69. The van der Waals surface area contributed by atoms with E-state index in [1.807, 2.05) is 13.0 Å². The Balaban J connectivity index is 2.45. The number of carbonyl (C=O) groups is 1. The molecule has 0 aliphatic carbocycles. The lowest BCUT2D eigenvalue weighted by atomic mass is 10.0. The zero-order valence-electron chi connectivity index (χ0n) is 9.41. The highest BCUT2D eigenvalue weighted by molar-refractivity contribution is 5.97. The predicted molar refractivity (Wildman–Crippen MR) is 60.8 cm³/mol. The minimum absolute atomic E-state index is 0.0522. The zero-order valence-corrected chi connectivity index (χ0v) is 9.41. The fraction of sp³-hybridized carbons (Fsp3) is 0.308. The van der Waals surface area contributed by atoms with Gasteiger partial charge < -0.3 is 9.84 Å². The number of carbonyl (C=O) groups excluding carboxylic acids is 1. The fourth-order valence-electron chi connectivity index (χ4n) is 1.81. The van der Waals surface area contributed by atoms with Crippen LogP contribution in [-0.2, 0) is 6.42 Å². The van der Waals surface area contributed by atoms with Crippen molar-refractivity contribution in [3.05, 3.63) is 35.1 Å². The normalized spacial score (nSPS) is 13.8. The van der Waals surface area contributed by atoms with Gasteiger partial charge in [-0.3, -0.25) is 4.79 Å². The summed E-state index contributed by atoms with van der Waals surface area (Å²) in [6, 6.07) is 3.35. The number of allylic oxidation sites excluding steroid dienone is 2. The van der Waals surface area contributed by atoms with E-state index < -0.39 is 0 Å². The van der Waals surface area contributed by atoms with Crippen molar-refractivity contribution in [2.75, 3.05) is 0 Å². The molecule has 1 aliphatic heterocycles. The smallest absolute Gasteiger partial charge is 0.163 e. The standard InChI is InChI=1S/C13H14O3/c1-3-9-4-5-11-12(16-9)7-6-10(8(2)14)13(11)15/h4,6-7,15H,3,5H2,1-2H3. The summed E-state index contributed by atoms with van der Waals surface area (Å²) in [5.74, 6) is 1.48. The molecule has 0 fully saturated rings. The fourth-order valence-corrected chi connectivity index (χ4v) is 1.81. The van der Waals surface area contributed by atoms with Crippen molar-refractivity contribution >= 4 is 5.78 Å². The molecule has 16 heavy (non-hydrogen) atoms. The monoisotopic (exact) mass is 218 g/mol. The topological polar surface area (TPSA) is 46.5 Å². The van der Waals surface area contributed by atoms with Gasteiger partial charge in [-0.25, -0.2) is 0 Å². The largest absolute Gasteiger partial charge is 0.507 e. The SMILES string of the molecule is CCC1=CCc2c(ccc(C(C)=O)c2O)O1. The maximum atomic E-state index is 11.3. The van der Waals surface area contributed by atoms with Gasteiger partial charge in [0.2, 0.25) is 0 Å². The first kappa shape index (κ1) is 10.7. The van der Waals surface area contributed by atoms with Gasteiger partial charge in [-0.1, -0.05) is 6.92 Å². The summed E-state index contributed by atoms with van der Waals surface area (Å²) >= 11 is 0. The second-order valence-electron chi connectivity index (χ2n) is 3.82. The molecule has 0 saturated carbocycles.